The minimum atomic E-state index is -4.49. The SMILES string of the molecule is CCCCNC(=O)[C@H](Cc1ccccc1)NP(=O)(O)OC[C@H]1O[C@@H](n2cc(C)c(=O)[nH]c2=O)C[C@@H]1O. The first-order valence-electron chi connectivity index (χ1n) is 11.8. The van der Waals surface area contributed by atoms with Crippen molar-refractivity contribution in [1.29, 1.82) is 0 Å². The molecule has 12 nitrogen and oxygen atoms in total. The van der Waals surface area contributed by atoms with Crippen molar-refractivity contribution in [3.05, 3.63) is 68.5 Å². The number of unbranched alkanes of at least 4 members (excludes halogenated alkanes) is 1. The Morgan fingerprint density at radius 1 is 1.33 bits per heavy atom. The first kappa shape index (κ1) is 28.0. The third-order valence-electron chi connectivity index (χ3n) is 5.82. The minimum Gasteiger partial charge on any atom is -0.390 e. The van der Waals surface area contributed by atoms with E-state index in [-0.39, 0.29) is 18.4 Å². The van der Waals surface area contributed by atoms with Crippen LogP contribution in [0.5, 0.6) is 0 Å². The number of benzene rings is 1. The zero-order valence-corrected chi connectivity index (χ0v) is 21.1. The maximum Gasteiger partial charge on any atom is 0.403 e. The van der Waals surface area contributed by atoms with E-state index in [9.17, 15) is 28.9 Å². The Kier molecular flexibility index (Phi) is 9.77. The average Bonchev–Trinajstić information content (AvgIpc) is 3.20. The Hall–Kier alpha value is -2.60. The van der Waals surface area contributed by atoms with Crippen molar-refractivity contribution in [2.45, 2.75) is 64.0 Å². The van der Waals surface area contributed by atoms with Crippen LogP contribution in [0.15, 0.2) is 46.1 Å². The zero-order valence-electron chi connectivity index (χ0n) is 20.3. The van der Waals surface area contributed by atoms with Crippen molar-refractivity contribution in [2.24, 2.45) is 0 Å². The summed E-state index contributed by atoms with van der Waals surface area (Å²) in [6.07, 6.45) is 0.157. The fourth-order valence-corrected chi connectivity index (χ4v) is 4.83. The molecule has 1 amide bonds. The molecule has 0 radical (unpaired) electrons. The molecule has 198 valence electrons. The molecule has 1 saturated heterocycles. The number of aromatic nitrogens is 2. The van der Waals surface area contributed by atoms with Gasteiger partial charge >= 0.3 is 13.4 Å². The first-order chi connectivity index (χ1) is 17.1. The Balaban J connectivity index is 1.63. The van der Waals surface area contributed by atoms with Gasteiger partial charge in [-0.15, -0.1) is 0 Å². The van der Waals surface area contributed by atoms with Crippen molar-refractivity contribution in [3.8, 4) is 0 Å². The summed E-state index contributed by atoms with van der Waals surface area (Å²) in [6, 6.07) is 8.02. The molecule has 0 saturated carbocycles. The summed E-state index contributed by atoms with van der Waals surface area (Å²) >= 11 is 0. The van der Waals surface area contributed by atoms with Crippen molar-refractivity contribution in [3.63, 3.8) is 0 Å². The lowest BCUT2D eigenvalue weighted by molar-refractivity contribution is -0.122. The van der Waals surface area contributed by atoms with Gasteiger partial charge in [0.15, 0.2) is 0 Å². The lowest BCUT2D eigenvalue weighted by Gasteiger charge is -2.23. The standard InChI is InChI=1S/C23H33N4O8P/c1-3-4-10-24-22(30)17(11-16-8-6-5-7-9-16)26-36(32,33)34-14-19-18(28)12-20(35-19)27-13-15(2)21(29)25-23(27)31/h5-9,13,17-20,28H,3-4,10-12,14H2,1-2H3,(H,24,30)(H,25,29,31)(H2,26,32,33)/t17-,18-,19+,20+/m0/s1. The van der Waals surface area contributed by atoms with Gasteiger partial charge in [0.25, 0.3) is 5.56 Å². The van der Waals surface area contributed by atoms with E-state index in [4.69, 9.17) is 9.26 Å². The summed E-state index contributed by atoms with van der Waals surface area (Å²) in [5, 5.41) is 15.5. The summed E-state index contributed by atoms with van der Waals surface area (Å²) in [5.74, 6) is -0.435. The Morgan fingerprint density at radius 2 is 2.06 bits per heavy atom. The monoisotopic (exact) mass is 524 g/mol. The maximum atomic E-state index is 12.8. The van der Waals surface area contributed by atoms with E-state index in [1.165, 1.54) is 13.1 Å². The largest absolute Gasteiger partial charge is 0.403 e. The molecule has 1 aromatic carbocycles. The number of hydrogen-bond acceptors (Lipinski definition) is 7. The van der Waals surface area contributed by atoms with Crippen LogP contribution >= 0.6 is 7.75 Å². The maximum absolute atomic E-state index is 12.8. The third kappa shape index (κ3) is 7.70. The van der Waals surface area contributed by atoms with Crippen LogP contribution in [0.3, 0.4) is 0 Å². The molecule has 2 aromatic rings. The lowest BCUT2D eigenvalue weighted by Crippen LogP contribution is -2.45. The van der Waals surface area contributed by atoms with Gasteiger partial charge in [0.1, 0.15) is 18.4 Å². The van der Waals surface area contributed by atoms with E-state index < -0.39 is 56.0 Å². The van der Waals surface area contributed by atoms with Gasteiger partial charge in [-0.05, 0) is 25.3 Å². The van der Waals surface area contributed by atoms with Gasteiger partial charge in [-0.2, -0.15) is 0 Å². The van der Waals surface area contributed by atoms with Gasteiger partial charge in [0.2, 0.25) is 5.91 Å². The highest BCUT2D eigenvalue weighted by atomic mass is 31.2. The first-order valence-corrected chi connectivity index (χ1v) is 13.4. The van der Waals surface area contributed by atoms with Crippen molar-refractivity contribution < 1.29 is 28.6 Å². The third-order valence-corrected chi connectivity index (χ3v) is 6.96. The predicted octanol–water partition coefficient (Wildman–Crippen LogP) is 0.728. The summed E-state index contributed by atoms with van der Waals surface area (Å²) in [5.41, 5.74) is -0.139. The van der Waals surface area contributed by atoms with Gasteiger partial charge in [-0.1, -0.05) is 43.7 Å². The van der Waals surface area contributed by atoms with Crippen LogP contribution < -0.4 is 21.7 Å². The summed E-state index contributed by atoms with van der Waals surface area (Å²) in [4.78, 5) is 49.0. The number of H-pyrrole nitrogens is 1. The van der Waals surface area contributed by atoms with E-state index in [1.54, 1.807) is 24.3 Å². The number of aliphatic hydroxyl groups excluding tert-OH is 1. The van der Waals surface area contributed by atoms with E-state index in [0.29, 0.717) is 6.54 Å². The smallest absolute Gasteiger partial charge is 0.390 e. The molecule has 1 aliphatic heterocycles. The predicted molar refractivity (Wildman–Crippen MR) is 131 cm³/mol. The Labute approximate surface area is 208 Å². The number of carbonyl (C=O) groups is 1. The quantitative estimate of drug-likeness (QED) is 0.198. The number of hydrogen-bond donors (Lipinski definition) is 5. The molecule has 13 heteroatoms. The second kappa shape index (κ2) is 12.6. The van der Waals surface area contributed by atoms with E-state index in [2.05, 4.69) is 15.4 Å². The van der Waals surface area contributed by atoms with Crippen LogP contribution in [0.1, 0.15) is 43.5 Å². The molecular formula is C23H33N4O8P. The number of ether oxygens (including phenoxy) is 1. The van der Waals surface area contributed by atoms with Gasteiger partial charge in [0.05, 0.1) is 12.7 Å². The number of aryl methyl sites for hydroxylation is 1. The second-order valence-electron chi connectivity index (χ2n) is 8.74. The highest BCUT2D eigenvalue weighted by Crippen LogP contribution is 2.39. The van der Waals surface area contributed by atoms with Crippen LogP contribution in [0.4, 0.5) is 0 Å². The average molecular weight is 525 g/mol. The number of nitrogens with zero attached hydrogens (tertiary/aromatic N) is 1. The highest BCUT2D eigenvalue weighted by Gasteiger charge is 2.38. The Morgan fingerprint density at radius 3 is 2.75 bits per heavy atom. The topological polar surface area (TPSA) is 172 Å². The van der Waals surface area contributed by atoms with Gasteiger partial charge in [-0.25, -0.2) is 14.4 Å². The fraction of sp³-hybridized carbons (Fsp3) is 0.522. The molecule has 0 aliphatic carbocycles. The summed E-state index contributed by atoms with van der Waals surface area (Å²) in [6.45, 7) is 3.48. The number of amides is 1. The fourth-order valence-electron chi connectivity index (χ4n) is 3.80. The molecule has 0 bridgehead atoms. The number of carbonyl (C=O) groups excluding carboxylic acids is 1. The molecule has 1 aromatic heterocycles. The van der Waals surface area contributed by atoms with Gasteiger partial charge in [-0.3, -0.25) is 23.7 Å². The Bertz CT molecular complexity index is 1180. The number of aliphatic hydroxyl groups is 1. The normalized spacial score (nSPS) is 22.2. The zero-order chi connectivity index (χ0) is 26.3. The van der Waals surface area contributed by atoms with Crippen molar-refractivity contribution in [1.82, 2.24) is 20.0 Å². The number of rotatable bonds is 12. The molecule has 36 heavy (non-hydrogen) atoms. The highest BCUT2D eigenvalue weighted by molar-refractivity contribution is 7.50. The molecule has 1 aliphatic rings. The minimum absolute atomic E-state index is 0.0129. The molecule has 1 fully saturated rings. The van der Waals surface area contributed by atoms with Crippen LogP contribution in [0.2, 0.25) is 0 Å². The van der Waals surface area contributed by atoms with Crippen LogP contribution in [0, 0.1) is 6.92 Å². The van der Waals surface area contributed by atoms with Crippen LogP contribution in [0.25, 0.3) is 0 Å². The molecule has 0 spiro atoms. The van der Waals surface area contributed by atoms with Crippen LogP contribution in [-0.2, 0) is 25.0 Å². The van der Waals surface area contributed by atoms with Crippen molar-refractivity contribution in [2.75, 3.05) is 13.2 Å². The van der Waals surface area contributed by atoms with E-state index in [1.807, 2.05) is 13.0 Å². The summed E-state index contributed by atoms with van der Waals surface area (Å²) in [7, 11) is -4.49. The molecule has 5 N–H and O–H groups in total. The molecular weight excluding hydrogens is 491 g/mol. The number of aromatic amines is 1. The molecule has 5 atom stereocenters. The molecule has 3 rings (SSSR count). The van der Waals surface area contributed by atoms with Crippen molar-refractivity contribution >= 4 is 13.7 Å². The molecule has 2 heterocycles. The number of nitrogens with one attached hydrogen (secondary N) is 3. The van der Waals surface area contributed by atoms with E-state index >= 15 is 0 Å². The van der Waals surface area contributed by atoms with Crippen LogP contribution in [-0.4, -0.2) is 56.9 Å². The van der Waals surface area contributed by atoms with E-state index in [0.717, 1.165) is 23.0 Å². The van der Waals surface area contributed by atoms with Gasteiger partial charge < -0.3 is 20.1 Å². The second-order valence-corrected chi connectivity index (χ2v) is 10.3. The lowest BCUT2D eigenvalue weighted by atomic mass is 10.1. The van der Waals surface area contributed by atoms with Gasteiger partial charge in [0, 0.05) is 24.7 Å². The molecule has 1 unspecified atom stereocenters. The summed E-state index contributed by atoms with van der Waals surface area (Å²) < 4.78 is 24.8.